The van der Waals surface area contributed by atoms with Crippen LogP contribution < -0.4 is 10.5 Å². The fraction of sp³-hybridized carbons (Fsp3) is 0.636. The van der Waals surface area contributed by atoms with E-state index in [1.165, 1.54) is 6.07 Å². The molecule has 2 aromatic rings. The Morgan fingerprint density at radius 1 is 1.13 bits per heavy atom. The van der Waals surface area contributed by atoms with Crippen molar-refractivity contribution in [1.82, 2.24) is 19.4 Å². The third-order valence-corrected chi connectivity index (χ3v) is 7.30. The molecule has 4 aliphatic rings. The smallest absolute Gasteiger partial charge is 0.387 e. The van der Waals surface area contributed by atoms with E-state index in [1.54, 1.807) is 6.20 Å². The number of anilines is 1. The van der Waals surface area contributed by atoms with E-state index in [1.807, 2.05) is 0 Å². The van der Waals surface area contributed by atoms with Gasteiger partial charge in [0.2, 0.25) is 0 Å². The number of halogens is 2. The minimum atomic E-state index is -2.94. The Hall–Kier alpha value is -2.26. The molecular formula is C22H27F2N5O2. The number of rotatable bonds is 6. The lowest BCUT2D eigenvalue weighted by molar-refractivity contribution is -0.0494. The third-order valence-electron chi connectivity index (χ3n) is 7.30. The molecule has 3 atom stereocenters. The van der Waals surface area contributed by atoms with Crippen molar-refractivity contribution in [3.63, 3.8) is 0 Å². The Balaban J connectivity index is 1.23. The molecule has 4 heterocycles. The molecule has 9 heteroatoms. The summed E-state index contributed by atoms with van der Waals surface area (Å²) in [5, 5.41) is 0. The molecule has 0 radical (unpaired) electrons. The number of nitrogens with zero attached hydrogens (tertiary/aromatic N) is 4. The topological polar surface area (TPSA) is 78.4 Å². The second-order valence-corrected chi connectivity index (χ2v) is 9.27. The number of nitrogen functional groups attached to an aromatic ring is 1. The Kier molecular flexibility index (Phi) is 4.64. The van der Waals surface area contributed by atoms with Crippen molar-refractivity contribution in [3.8, 4) is 17.0 Å². The third kappa shape index (κ3) is 3.57. The van der Waals surface area contributed by atoms with Crippen molar-refractivity contribution >= 4 is 5.82 Å². The minimum Gasteiger partial charge on any atom is -0.431 e. The Bertz CT molecular complexity index is 961. The van der Waals surface area contributed by atoms with Gasteiger partial charge in [-0.3, -0.25) is 4.90 Å². The number of imidazole rings is 1. The van der Waals surface area contributed by atoms with Gasteiger partial charge in [0.25, 0.3) is 0 Å². The normalized spacial score (nSPS) is 28.8. The summed E-state index contributed by atoms with van der Waals surface area (Å²) in [5.41, 5.74) is 7.10. The number of hydrogen-bond acceptors (Lipinski definition) is 6. The fourth-order valence-electron chi connectivity index (χ4n) is 5.50. The van der Waals surface area contributed by atoms with Gasteiger partial charge in [-0.2, -0.15) is 8.78 Å². The first-order valence-corrected chi connectivity index (χ1v) is 11.2. The molecule has 0 unspecified atom stereocenters. The van der Waals surface area contributed by atoms with Crippen LogP contribution in [-0.2, 0) is 4.74 Å². The zero-order valence-electron chi connectivity index (χ0n) is 17.3. The molecule has 166 valence electrons. The van der Waals surface area contributed by atoms with E-state index in [9.17, 15) is 8.78 Å². The highest BCUT2D eigenvalue weighted by atomic mass is 19.3. The molecule has 2 aliphatic heterocycles. The molecule has 0 bridgehead atoms. The van der Waals surface area contributed by atoms with Crippen LogP contribution in [0, 0.1) is 11.8 Å². The van der Waals surface area contributed by atoms with E-state index < -0.39 is 6.61 Å². The van der Waals surface area contributed by atoms with Crippen molar-refractivity contribution in [3.05, 3.63) is 24.3 Å². The minimum absolute atomic E-state index is 0.0455. The Morgan fingerprint density at radius 2 is 1.87 bits per heavy atom. The summed E-state index contributed by atoms with van der Waals surface area (Å²) in [6, 6.07) is 2.67. The van der Waals surface area contributed by atoms with Gasteiger partial charge in [0.15, 0.2) is 11.6 Å². The van der Waals surface area contributed by atoms with Crippen LogP contribution in [0.4, 0.5) is 14.6 Å². The number of nitrogens with two attached hydrogens (primary N) is 1. The largest absolute Gasteiger partial charge is 0.431 e. The Morgan fingerprint density at radius 3 is 2.55 bits per heavy atom. The summed E-state index contributed by atoms with van der Waals surface area (Å²) in [4.78, 5) is 11.6. The van der Waals surface area contributed by atoms with Crippen LogP contribution in [0.5, 0.6) is 5.75 Å². The van der Waals surface area contributed by atoms with Gasteiger partial charge in [-0.05, 0) is 43.6 Å². The number of ether oxygens (including phenoxy) is 2. The van der Waals surface area contributed by atoms with Gasteiger partial charge in [-0.1, -0.05) is 0 Å². The number of alkyl halides is 2. The average Bonchev–Trinajstić information content (AvgIpc) is 3.64. The van der Waals surface area contributed by atoms with E-state index >= 15 is 0 Å². The first-order chi connectivity index (χ1) is 15.1. The van der Waals surface area contributed by atoms with Gasteiger partial charge >= 0.3 is 6.61 Å². The van der Waals surface area contributed by atoms with Crippen LogP contribution in [0.1, 0.15) is 43.5 Å². The highest BCUT2D eigenvalue weighted by Gasteiger charge is 2.58. The van der Waals surface area contributed by atoms with Crippen LogP contribution in [0.15, 0.2) is 18.5 Å². The number of hydrogen-bond donors (Lipinski definition) is 1. The summed E-state index contributed by atoms with van der Waals surface area (Å²) < 4.78 is 37.8. The molecular weight excluding hydrogens is 404 g/mol. The van der Waals surface area contributed by atoms with Crippen molar-refractivity contribution < 1.29 is 18.3 Å². The van der Waals surface area contributed by atoms with Crippen molar-refractivity contribution in [1.29, 1.82) is 0 Å². The molecule has 0 amide bonds. The molecule has 31 heavy (non-hydrogen) atoms. The van der Waals surface area contributed by atoms with Gasteiger partial charge < -0.3 is 19.8 Å². The maximum absolute atomic E-state index is 12.7. The highest BCUT2D eigenvalue weighted by molar-refractivity contribution is 5.64. The van der Waals surface area contributed by atoms with Crippen LogP contribution in [-0.4, -0.2) is 58.4 Å². The van der Waals surface area contributed by atoms with E-state index in [-0.39, 0.29) is 11.6 Å². The lowest BCUT2D eigenvalue weighted by Gasteiger charge is -2.32. The lowest BCUT2D eigenvalue weighted by Crippen LogP contribution is -2.39. The van der Waals surface area contributed by atoms with Gasteiger partial charge in [0.05, 0.1) is 5.69 Å². The molecule has 4 fully saturated rings. The zero-order valence-corrected chi connectivity index (χ0v) is 17.3. The molecule has 2 N–H and O–H groups in total. The van der Waals surface area contributed by atoms with Gasteiger partial charge in [0, 0.05) is 62.3 Å². The predicted molar refractivity (Wildman–Crippen MR) is 110 cm³/mol. The Labute approximate surface area is 179 Å². The standard InChI is InChI=1S/C22H27F2N5O2/c23-22(24)31-18-7-13(8-26-20(18)25)17-11-29(21(27-17)12-1-2-12)19-15-9-28(10-16(15)19)14-3-5-30-6-4-14/h7-8,11-12,14-16,19,22H,1-6,9-10H2,(H2,25,26)/t15-,16+,19+. The van der Waals surface area contributed by atoms with Gasteiger partial charge in [-0.15, -0.1) is 0 Å². The summed E-state index contributed by atoms with van der Waals surface area (Å²) in [6.07, 6.45) is 8.25. The molecule has 7 nitrogen and oxygen atoms in total. The maximum atomic E-state index is 12.7. The number of aromatic nitrogens is 3. The predicted octanol–water partition coefficient (Wildman–Crippen LogP) is 3.29. The van der Waals surface area contributed by atoms with Crippen LogP contribution in [0.2, 0.25) is 0 Å². The molecule has 2 aliphatic carbocycles. The van der Waals surface area contributed by atoms with E-state index in [0.717, 1.165) is 63.5 Å². The molecule has 0 spiro atoms. The fourth-order valence-corrected chi connectivity index (χ4v) is 5.50. The number of pyridine rings is 1. The zero-order chi connectivity index (χ0) is 21.1. The van der Waals surface area contributed by atoms with Gasteiger partial charge in [0.1, 0.15) is 5.82 Å². The van der Waals surface area contributed by atoms with Crippen molar-refractivity contribution in [2.75, 3.05) is 32.0 Å². The number of likely N-dealkylation sites (tertiary alicyclic amines) is 1. The molecule has 2 saturated heterocycles. The summed E-state index contributed by atoms with van der Waals surface area (Å²) in [7, 11) is 0. The van der Waals surface area contributed by atoms with Crippen LogP contribution >= 0.6 is 0 Å². The molecule has 0 aromatic carbocycles. The molecule has 2 aromatic heterocycles. The molecule has 2 saturated carbocycles. The first-order valence-electron chi connectivity index (χ1n) is 11.2. The number of piperidine rings is 1. The maximum Gasteiger partial charge on any atom is 0.387 e. The van der Waals surface area contributed by atoms with Crippen molar-refractivity contribution in [2.24, 2.45) is 11.8 Å². The average molecular weight is 431 g/mol. The highest BCUT2D eigenvalue weighted by Crippen LogP contribution is 2.58. The SMILES string of the molecule is Nc1ncc(-c2cn([C@H]3[C@@H]4CN(C5CCOCC5)C[C@@H]43)c(C3CC3)n2)cc1OC(F)F. The lowest BCUT2D eigenvalue weighted by atomic mass is 10.1. The van der Waals surface area contributed by atoms with Crippen LogP contribution in [0.3, 0.4) is 0 Å². The van der Waals surface area contributed by atoms with Gasteiger partial charge in [-0.25, -0.2) is 9.97 Å². The van der Waals surface area contributed by atoms with E-state index in [0.29, 0.717) is 35.4 Å². The quantitative estimate of drug-likeness (QED) is 0.756. The first kappa shape index (κ1) is 19.4. The van der Waals surface area contributed by atoms with E-state index in [4.69, 9.17) is 15.5 Å². The summed E-state index contributed by atoms with van der Waals surface area (Å²) in [5.74, 6) is 2.82. The monoisotopic (exact) mass is 431 g/mol. The second-order valence-electron chi connectivity index (χ2n) is 9.27. The molecule has 6 rings (SSSR count). The number of fused-ring (bicyclic) bond motifs is 1. The summed E-state index contributed by atoms with van der Waals surface area (Å²) in [6.45, 7) is 1.11. The second kappa shape index (κ2) is 7.41. The van der Waals surface area contributed by atoms with E-state index in [2.05, 4.69) is 25.4 Å². The summed E-state index contributed by atoms with van der Waals surface area (Å²) >= 11 is 0. The van der Waals surface area contributed by atoms with Crippen molar-refractivity contribution in [2.45, 2.75) is 50.3 Å². The van der Waals surface area contributed by atoms with Crippen LogP contribution in [0.25, 0.3) is 11.3 Å².